The van der Waals surface area contributed by atoms with Crippen LogP contribution in [0.5, 0.6) is 0 Å². The third-order valence-electron chi connectivity index (χ3n) is 4.92. The summed E-state index contributed by atoms with van der Waals surface area (Å²) < 4.78 is 7.85. The highest BCUT2D eigenvalue weighted by molar-refractivity contribution is 6.34. The fourth-order valence-corrected chi connectivity index (χ4v) is 3.36. The molecule has 140 valence electrons. The molecule has 0 spiro atoms. The van der Waals surface area contributed by atoms with Gasteiger partial charge in [0.1, 0.15) is 17.6 Å². The van der Waals surface area contributed by atoms with Gasteiger partial charge in [-0.25, -0.2) is 4.98 Å². The molecule has 1 fully saturated rings. The molecule has 0 N–H and O–H groups in total. The average Bonchev–Trinajstić information content (AvgIpc) is 3.39. The average molecular weight is 384 g/mol. The second-order valence-corrected chi connectivity index (χ2v) is 8.13. The minimum absolute atomic E-state index is 0.105. The van der Waals surface area contributed by atoms with Gasteiger partial charge in [-0.15, -0.1) is 0 Å². The quantitative estimate of drug-likeness (QED) is 0.760. The lowest BCUT2D eigenvalue weighted by Crippen LogP contribution is -2.25. The highest BCUT2D eigenvalue weighted by Gasteiger charge is 2.28. The molecule has 1 aliphatic carbocycles. The first kappa shape index (κ1) is 18.1. The highest BCUT2D eigenvalue weighted by atomic mass is 35.5. The summed E-state index contributed by atoms with van der Waals surface area (Å²) in [5, 5.41) is 0.438. The molecule has 0 saturated heterocycles. The monoisotopic (exact) mass is 383 g/mol. The predicted octanol–water partition coefficient (Wildman–Crippen LogP) is 3.67. The Balaban J connectivity index is 1.70. The Kier molecular flexibility index (Phi) is 4.49. The van der Waals surface area contributed by atoms with Crippen LogP contribution < -0.4 is 0 Å². The van der Waals surface area contributed by atoms with Crippen LogP contribution in [-0.2, 0) is 11.3 Å². The van der Waals surface area contributed by atoms with Crippen LogP contribution in [0, 0.1) is 17.8 Å². The van der Waals surface area contributed by atoms with E-state index in [1.165, 1.54) is 12.8 Å². The number of amides is 1. The van der Waals surface area contributed by atoms with Crippen LogP contribution in [0.1, 0.15) is 48.4 Å². The maximum absolute atomic E-state index is 12.8. The summed E-state index contributed by atoms with van der Waals surface area (Å²) in [6, 6.07) is 5.45. The van der Waals surface area contributed by atoms with Crippen LogP contribution in [0.25, 0.3) is 5.69 Å². The number of hydrogen-bond acceptors (Lipinski definition) is 3. The number of ether oxygens (including phenoxy) is 1. The van der Waals surface area contributed by atoms with E-state index in [9.17, 15) is 4.79 Å². The molecule has 4 rings (SSSR count). The van der Waals surface area contributed by atoms with Gasteiger partial charge in [-0.1, -0.05) is 23.6 Å². The zero-order chi connectivity index (χ0) is 19.2. The SMILES string of the molecule is CN1Cc2c(C#CC(C)(C)OCC3CC3)ncn2-c2cccc(Cl)c2C1=O. The van der Waals surface area contributed by atoms with Gasteiger partial charge in [-0.05, 0) is 50.7 Å². The number of benzene rings is 1. The second kappa shape index (κ2) is 6.70. The van der Waals surface area contributed by atoms with Crippen LogP contribution >= 0.6 is 11.6 Å². The predicted molar refractivity (Wildman–Crippen MR) is 104 cm³/mol. The first-order chi connectivity index (χ1) is 12.9. The minimum Gasteiger partial charge on any atom is -0.363 e. The number of rotatable bonds is 3. The van der Waals surface area contributed by atoms with Gasteiger partial charge in [0, 0.05) is 7.05 Å². The van der Waals surface area contributed by atoms with Crippen LogP contribution in [0.15, 0.2) is 24.5 Å². The molecule has 2 heterocycles. The molecule has 2 aliphatic rings. The third-order valence-corrected chi connectivity index (χ3v) is 5.24. The van der Waals surface area contributed by atoms with Crippen molar-refractivity contribution in [3.8, 4) is 17.5 Å². The van der Waals surface area contributed by atoms with Crippen molar-refractivity contribution in [3.05, 3.63) is 46.5 Å². The van der Waals surface area contributed by atoms with E-state index < -0.39 is 5.60 Å². The second-order valence-electron chi connectivity index (χ2n) is 7.72. The van der Waals surface area contributed by atoms with E-state index in [1.807, 2.05) is 30.5 Å². The van der Waals surface area contributed by atoms with E-state index in [4.69, 9.17) is 16.3 Å². The van der Waals surface area contributed by atoms with Gasteiger partial charge in [0.15, 0.2) is 0 Å². The van der Waals surface area contributed by atoms with E-state index in [0.717, 1.165) is 18.0 Å². The lowest BCUT2D eigenvalue weighted by molar-refractivity contribution is 0.0203. The van der Waals surface area contributed by atoms with Gasteiger partial charge < -0.3 is 9.64 Å². The summed E-state index contributed by atoms with van der Waals surface area (Å²) in [6.45, 7) is 5.12. The summed E-state index contributed by atoms with van der Waals surface area (Å²) >= 11 is 6.31. The fraction of sp³-hybridized carbons (Fsp3) is 0.429. The number of aromatic nitrogens is 2. The fourth-order valence-electron chi connectivity index (χ4n) is 3.11. The molecule has 1 saturated carbocycles. The topological polar surface area (TPSA) is 47.4 Å². The molecular weight excluding hydrogens is 362 g/mol. The maximum atomic E-state index is 12.8. The van der Waals surface area contributed by atoms with Crippen molar-refractivity contribution in [2.45, 2.75) is 38.8 Å². The number of nitrogens with zero attached hydrogens (tertiary/aromatic N) is 3. The molecule has 0 atom stereocenters. The Bertz CT molecular complexity index is 964. The van der Waals surface area contributed by atoms with E-state index >= 15 is 0 Å². The van der Waals surface area contributed by atoms with Crippen molar-refractivity contribution >= 4 is 17.5 Å². The first-order valence-electron chi connectivity index (χ1n) is 9.13. The van der Waals surface area contributed by atoms with Crippen molar-refractivity contribution in [1.29, 1.82) is 0 Å². The largest absolute Gasteiger partial charge is 0.363 e. The Morgan fingerprint density at radius 2 is 2.15 bits per heavy atom. The number of imidazole rings is 1. The van der Waals surface area contributed by atoms with E-state index in [1.54, 1.807) is 24.3 Å². The summed E-state index contributed by atoms with van der Waals surface area (Å²) in [6.07, 6.45) is 4.21. The Morgan fingerprint density at radius 1 is 1.37 bits per heavy atom. The van der Waals surface area contributed by atoms with Crippen molar-refractivity contribution in [1.82, 2.24) is 14.5 Å². The minimum atomic E-state index is -0.535. The van der Waals surface area contributed by atoms with Crippen LogP contribution in [-0.4, -0.2) is 39.6 Å². The molecular formula is C21H22ClN3O2. The van der Waals surface area contributed by atoms with Gasteiger partial charge in [0.2, 0.25) is 0 Å². The van der Waals surface area contributed by atoms with E-state index in [-0.39, 0.29) is 5.91 Å². The third kappa shape index (κ3) is 3.60. The summed E-state index contributed by atoms with van der Waals surface area (Å²) in [4.78, 5) is 18.9. The van der Waals surface area contributed by atoms with Gasteiger partial charge in [0.05, 0.1) is 35.1 Å². The number of carbonyl (C=O) groups excluding carboxylic acids is 1. The van der Waals surface area contributed by atoms with Crippen molar-refractivity contribution in [3.63, 3.8) is 0 Å². The van der Waals surface area contributed by atoms with Gasteiger partial charge in [-0.3, -0.25) is 9.36 Å². The smallest absolute Gasteiger partial charge is 0.257 e. The van der Waals surface area contributed by atoms with Gasteiger partial charge in [-0.2, -0.15) is 0 Å². The van der Waals surface area contributed by atoms with Crippen molar-refractivity contribution in [2.75, 3.05) is 13.7 Å². The lowest BCUT2D eigenvalue weighted by Gasteiger charge is -2.18. The Hall–Kier alpha value is -2.29. The first-order valence-corrected chi connectivity index (χ1v) is 9.51. The summed E-state index contributed by atoms with van der Waals surface area (Å²) in [5.74, 6) is 6.95. The number of fused-ring (bicyclic) bond motifs is 3. The molecule has 0 bridgehead atoms. The van der Waals surface area contributed by atoms with Crippen LogP contribution in [0.3, 0.4) is 0 Å². The van der Waals surface area contributed by atoms with Crippen LogP contribution in [0.2, 0.25) is 5.02 Å². The molecule has 27 heavy (non-hydrogen) atoms. The number of halogens is 1. The van der Waals surface area contributed by atoms with Crippen molar-refractivity contribution < 1.29 is 9.53 Å². The zero-order valence-corrected chi connectivity index (χ0v) is 16.5. The molecule has 1 amide bonds. The molecule has 5 nitrogen and oxygen atoms in total. The van der Waals surface area contributed by atoms with Gasteiger partial charge in [0.25, 0.3) is 5.91 Å². The Morgan fingerprint density at radius 3 is 2.89 bits per heavy atom. The van der Waals surface area contributed by atoms with Crippen LogP contribution in [0.4, 0.5) is 0 Å². The van der Waals surface area contributed by atoms with E-state index in [2.05, 4.69) is 16.8 Å². The molecule has 2 aromatic rings. The molecule has 1 aliphatic heterocycles. The Labute approximate surface area is 164 Å². The standard InChI is InChI=1S/C21H22ClN3O2/c1-21(2,27-12-14-7-8-14)10-9-16-18-11-24(3)20(26)19-15(22)5-4-6-17(19)25(18)13-23-16/h4-6,13-14H,7-8,11-12H2,1-3H3. The zero-order valence-electron chi connectivity index (χ0n) is 15.8. The molecule has 1 aromatic heterocycles. The number of hydrogen-bond donors (Lipinski definition) is 0. The highest BCUT2D eigenvalue weighted by Crippen LogP contribution is 2.31. The normalized spacial score (nSPS) is 16.3. The maximum Gasteiger partial charge on any atom is 0.257 e. The molecule has 1 aromatic carbocycles. The molecule has 0 unspecified atom stereocenters. The molecule has 6 heteroatoms. The lowest BCUT2D eigenvalue weighted by atomic mass is 10.1. The van der Waals surface area contributed by atoms with Crippen molar-refractivity contribution in [2.24, 2.45) is 5.92 Å². The van der Waals surface area contributed by atoms with E-state index in [0.29, 0.717) is 28.7 Å². The van der Waals surface area contributed by atoms with Gasteiger partial charge >= 0.3 is 0 Å². The summed E-state index contributed by atoms with van der Waals surface area (Å²) in [7, 11) is 1.76. The summed E-state index contributed by atoms with van der Waals surface area (Å²) in [5.41, 5.74) is 2.22. The number of carbonyl (C=O) groups is 1. The molecule has 0 radical (unpaired) electrons.